The van der Waals surface area contributed by atoms with E-state index < -0.39 is 0 Å². The first kappa shape index (κ1) is 21.5. The summed E-state index contributed by atoms with van der Waals surface area (Å²) in [5, 5.41) is 9.24. The fourth-order valence-electron chi connectivity index (χ4n) is 3.64. The number of hydrogen-bond acceptors (Lipinski definition) is 6. The molecule has 9 nitrogen and oxygen atoms in total. The first-order valence-corrected chi connectivity index (χ1v) is 10.4. The molecular weight excluding hydrogens is 434 g/mol. The number of fused-ring (bicyclic) bond motifs is 1. The summed E-state index contributed by atoms with van der Waals surface area (Å²) in [6.45, 7) is 1.16. The average molecular weight is 456 g/mol. The van der Waals surface area contributed by atoms with Crippen molar-refractivity contribution in [2.45, 2.75) is 6.42 Å². The van der Waals surface area contributed by atoms with E-state index in [9.17, 15) is 9.59 Å². The lowest BCUT2D eigenvalue weighted by Gasteiger charge is -2.17. The van der Waals surface area contributed by atoms with Crippen LogP contribution in [0.4, 0.5) is 11.4 Å². The first-order valence-electron chi connectivity index (χ1n) is 10.0. The summed E-state index contributed by atoms with van der Waals surface area (Å²) in [4.78, 5) is 30.8. The molecule has 0 bridgehead atoms. The molecular formula is C22H22ClN5O4. The molecule has 0 unspecified atom stereocenters. The molecule has 0 radical (unpaired) electrons. The van der Waals surface area contributed by atoms with E-state index in [-0.39, 0.29) is 12.5 Å². The van der Waals surface area contributed by atoms with Gasteiger partial charge in [-0.1, -0.05) is 17.7 Å². The van der Waals surface area contributed by atoms with Crippen molar-refractivity contribution in [2.75, 3.05) is 32.1 Å². The van der Waals surface area contributed by atoms with Gasteiger partial charge in [0, 0.05) is 30.4 Å². The van der Waals surface area contributed by atoms with Crippen molar-refractivity contribution >= 4 is 35.3 Å². The van der Waals surface area contributed by atoms with E-state index in [1.807, 2.05) is 6.07 Å². The maximum atomic E-state index is 12.8. The number of carbonyl (C=O) groups excluding carboxylic acids is 2. The molecule has 4 rings (SSSR count). The Balaban J connectivity index is 1.80. The Kier molecular flexibility index (Phi) is 6.46. The van der Waals surface area contributed by atoms with E-state index in [0.717, 1.165) is 11.3 Å². The number of carbonyl (C=O) groups is 2. The van der Waals surface area contributed by atoms with Gasteiger partial charge in [-0.2, -0.15) is 0 Å². The Hall–Kier alpha value is -3.72. The van der Waals surface area contributed by atoms with E-state index in [1.54, 1.807) is 30.6 Å². The third-order valence-electron chi connectivity index (χ3n) is 5.04. The lowest BCUT2D eigenvalue weighted by atomic mass is 10.0. The van der Waals surface area contributed by atoms with Gasteiger partial charge in [-0.3, -0.25) is 14.6 Å². The minimum absolute atomic E-state index is 0.177. The zero-order chi connectivity index (χ0) is 22.5. The second-order valence-corrected chi connectivity index (χ2v) is 7.38. The molecule has 2 aromatic heterocycles. The molecule has 0 atom stereocenters. The van der Waals surface area contributed by atoms with Crippen molar-refractivity contribution in [3.8, 4) is 22.8 Å². The quantitative estimate of drug-likeness (QED) is 0.291. The standard InChI is InChI=1S/C22H22ClN5O4/c1-31-21-14(23)3-2-4-16(21)28-20-18-15(6-8-26-22(18)30)27-19(20)13-5-7-24-11-17(13)32-10-9-25-12-29/h2-5,7,11-12,27-28H,6,8-10H2,1H3,(H,25,29)(H,26,30). The molecule has 0 aliphatic carbocycles. The van der Waals surface area contributed by atoms with Gasteiger partial charge < -0.3 is 30.4 Å². The largest absolute Gasteiger partial charge is 0.493 e. The Labute approximate surface area is 189 Å². The minimum atomic E-state index is -0.177. The lowest BCUT2D eigenvalue weighted by Crippen LogP contribution is -2.31. The number of ether oxygens (including phenoxy) is 2. The SMILES string of the molecule is COc1c(Cl)cccc1Nc1c(-c2ccncc2OCCNC=O)[nH]c2c1C(=O)NCC2. The molecule has 166 valence electrons. The van der Waals surface area contributed by atoms with Crippen LogP contribution >= 0.6 is 11.6 Å². The van der Waals surface area contributed by atoms with Crippen molar-refractivity contribution < 1.29 is 19.1 Å². The fourth-order valence-corrected chi connectivity index (χ4v) is 3.89. The number of benzene rings is 1. The third kappa shape index (κ3) is 4.19. The van der Waals surface area contributed by atoms with Crippen molar-refractivity contribution in [3.05, 3.63) is 52.9 Å². The molecule has 32 heavy (non-hydrogen) atoms. The van der Waals surface area contributed by atoms with Crippen molar-refractivity contribution in [3.63, 3.8) is 0 Å². The normalized spacial score (nSPS) is 12.5. The molecule has 3 heterocycles. The van der Waals surface area contributed by atoms with Crippen LogP contribution in [0.3, 0.4) is 0 Å². The third-order valence-corrected chi connectivity index (χ3v) is 5.33. The number of para-hydroxylation sites is 1. The molecule has 1 aromatic carbocycles. The van der Waals surface area contributed by atoms with Crippen LogP contribution in [0.2, 0.25) is 5.02 Å². The number of hydrogen-bond donors (Lipinski definition) is 4. The summed E-state index contributed by atoms with van der Waals surface area (Å²) in [5.41, 5.74) is 3.94. The Morgan fingerprint density at radius 1 is 1.31 bits per heavy atom. The molecule has 0 spiro atoms. The zero-order valence-electron chi connectivity index (χ0n) is 17.3. The van der Waals surface area contributed by atoms with Crippen LogP contribution in [0.25, 0.3) is 11.3 Å². The maximum absolute atomic E-state index is 12.8. The second kappa shape index (κ2) is 9.61. The number of aromatic nitrogens is 2. The topological polar surface area (TPSA) is 117 Å². The lowest BCUT2D eigenvalue weighted by molar-refractivity contribution is -0.109. The van der Waals surface area contributed by atoms with Gasteiger partial charge in [0.15, 0.2) is 5.75 Å². The predicted octanol–water partition coefficient (Wildman–Crippen LogP) is 2.89. The monoisotopic (exact) mass is 455 g/mol. The number of aromatic amines is 1. The van der Waals surface area contributed by atoms with Crippen LogP contribution in [0.1, 0.15) is 16.1 Å². The van der Waals surface area contributed by atoms with E-state index in [1.165, 1.54) is 7.11 Å². The molecule has 2 amide bonds. The van der Waals surface area contributed by atoms with E-state index in [2.05, 4.69) is 25.9 Å². The molecule has 1 aliphatic heterocycles. The van der Waals surface area contributed by atoms with Gasteiger partial charge in [0.1, 0.15) is 12.4 Å². The summed E-state index contributed by atoms with van der Waals surface area (Å²) in [6.07, 6.45) is 4.52. The van der Waals surface area contributed by atoms with Crippen LogP contribution < -0.4 is 25.4 Å². The van der Waals surface area contributed by atoms with Gasteiger partial charge in [-0.05, 0) is 18.2 Å². The van der Waals surface area contributed by atoms with Crippen molar-refractivity contribution in [1.82, 2.24) is 20.6 Å². The summed E-state index contributed by atoms with van der Waals surface area (Å²) in [6, 6.07) is 7.16. The van der Waals surface area contributed by atoms with Crippen LogP contribution in [0.5, 0.6) is 11.5 Å². The van der Waals surface area contributed by atoms with Gasteiger partial charge >= 0.3 is 0 Å². The first-order chi connectivity index (χ1) is 15.6. The number of methoxy groups -OCH3 is 1. The number of H-pyrrole nitrogens is 1. The molecule has 1 aliphatic rings. The summed E-state index contributed by atoms with van der Waals surface area (Å²) < 4.78 is 11.3. The number of nitrogens with one attached hydrogen (secondary N) is 4. The molecule has 0 fully saturated rings. The van der Waals surface area contributed by atoms with Gasteiger partial charge in [0.05, 0.1) is 47.5 Å². The van der Waals surface area contributed by atoms with Crippen LogP contribution in [-0.2, 0) is 11.2 Å². The average Bonchev–Trinajstić information content (AvgIpc) is 3.16. The highest BCUT2D eigenvalue weighted by Gasteiger charge is 2.28. The number of halogens is 1. The van der Waals surface area contributed by atoms with E-state index in [4.69, 9.17) is 21.1 Å². The number of nitrogens with zero attached hydrogens (tertiary/aromatic N) is 1. The molecule has 0 saturated heterocycles. The van der Waals surface area contributed by atoms with Gasteiger partial charge in [0.2, 0.25) is 6.41 Å². The van der Waals surface area contributed by atoms with Gasteiger partial charge in [-0.15, -0.1) is 0 Å². The summed E-state index contributed by atoms with van der Waals surface area (Å²) >= 11 is 6.30. The Bertz CT molecular complexity index is 1150. The highest BCUT2D eigenvalue weighted by molar-refractivity contribution is 6.32. The zero-order valence-corrected chi connectivity index (χ0v) is 18.1. The number of anilines is 2. The second-order valence-electron chi connectivity index (χ2n) is 6.97. The van der Waals surface area contributed by atoms with Crippen LogP contribution in [0, 0.1) is 0 Å². The van der Waals surface area contributed by atoms with Crippen LogP contribution in [0.15, 0.2) is 36.7 Å². The Morgan fingerprint density at radius 3 is 3.00 bits per heavy atom. The molecule has 3 aromatic rings. The Morgan fingerprint density at radius 2 is 2.19 bits per heavy atom. The van der Waals surface area contributed by atoms with Gasteiger partial charge in [-0.25, -0.2) is 0 Å². The summed E-state index contributed by atoms with van der Waals surface area (Å²) in [7, 11) is 1.54. The number of amides is 2. The van der Waals surface area contributed by atoms with E-state index in [0.29, 0.717) is 65.1 Å². The molecule has 4 N–H and O–H groups in total. The fraction of sp³-hybridized carbons (Fsp3) is 0.227. The summed E-state index contributed by atoms with van der Waals surface area (Å²) in [5.74, 6) is 0.807. The maximum Gasteiger partial charge on any atom is 0.255 e. The molecule has 0 saturated carbocycles. The van der Waals surface area contributed by atoms with Crippen molar-refractivity contribution in [2.24, 2.45) is 0 Å². The minimum Gasteiger partial charge on any atom is -0.493 e. The van der Waals surface area contributed by atoms with Gasteiger partial charge in [0.25, 0.3) is 5.91 Å². The number of pyridine rings is 1. The van der Waals surface area contributed by atoms with Crippen LogP contribution in [-0.4, -0.2) is 49.1 Å². The highest BCUT2D eigenvalue weighted by atomic mass is 35.5. The number of rotatable bonds is 9. The van der Waals surface area contributed by atoms with E-state index >= 15 is 0 Å². The predicted molar refractivity (Wildman–Crippen MR) is 121 cm³/mol. The highest BCUT2D eigenvalue weighted by Crippen LogP contribution is 2.42. The van der Waals surface area contributed by atoms with Crippen molar-refractivity contribution in [1.29, 1.82) is 0 Å². The molecule has 10 heteroatoms. The smallest absolute Gasteiger partial charge is 0.255 e.